The van der Waals surface area contributed by atoms with Crippen molar-refractivity contribution in [3.05, 3.63) is 65.9 Å². The zero-order valence-corrected chi connectivity index (χ0v) is 33.2. The zero-order valence-electron chi connectivity index (χ0n) is 21.5. The number of rotatable bonds is 0. The fraction of sp³-hybridized carbons (Fsp3) is 0. The average Bonchev–Trinajstić information content (AvgIpc) is 3.04. The fourth-order valence-electron chi connectivity index (χ4n) is 0.450. The van der Waals surface area contributed by atoms with E-state index in [1.54, 1.807) is 0 Å². The first kappa shape index (κ1) is 62.1. The van der Waals surface area contributed by atoms with Gasteiger partial charge in [0.2, 0.25) is 0 Å². The van der Waals surface area contributed by atoms with Gasteiger partial charge in [0.05, 0.1) is 0 Å². The Labute approximate surface area is 316 Å². The van der Waals surface area contributed by atoms with Crippen LogP contribution in [-0.2, 0) is 0 Å². The van der Waals surface area contributed by atoms with Crippen LogP contribution in [0.15, 0.2) is 33.4 Å². The predicted octanol–water partition coefficient (Wildman–Crippen LogP) is 0.0520. The third kappa shape index (κ3) is 54.2. The van der Waals surface area contributed by atoms with Crippen molar-refractivity contribution in [3.63, 3.8) is 0 Å². The van der Waals surface area contributed by atoms with Gasteiger partial charge in [-0.15, -0.1) is 0 Å². The molecule has 21 heteroatoms. The van der Waals surface area contributed by atoms with Crippen molar-refractivity contribution in [1.82, 2.24) is 0 Å². The van der Waals surface area contributed by atoms with Gasteiger partial charge in [-0.1, -0.05) is 0 Å². The molecule has 0 aliphatic rings. The molecule has 0 saturated heterocycles. The maximum atomic E-state index is 7.79. The van der Waals surface area contributed by atoms with Crippen molar-refractivity contribution in [3.8, 4) is 72.8 Å². The van der Waals surface area contributed by atoms with E-state index in [4.69, 9.17) is 95.6 Å². The number of hydrogen-bond donors (Lipinski definition) is 0. The predicted molar refractivity (Wildman–Crippen MR) is 156 cm³/mol. The Morgan fingerprint density at radius 2 is 0.289 bits per heavy atom. The van der Waals surface area contributed by atoms with Gasteiger partial charge in [0, 0.05) is 0 Å². The Hall–Kier alpha value is -6.65. The molecule has 0 saturated carbocycles. The standard InChI is InChI=1S/6C4N3.3Pb/c6*5-1-4(2-6)3-7;;;/q6*-1;3*+2. The van der Waals surface area contributed by atoms with Crippen LogP contribution in [0.4, 0.5) is 0 Å². The maximum absolute atomic E-state index is 7.79. The van der Waals surface area contributed by atoms with E-state index in [9.17, 15) is 0 Å². The summed E-state index contributed by atoms with van der Waals surface area (Å²) in [6.07, 6.45) is 0. The third-order valence-electron chi connectivity index (χ3n) is 2.01. The van der Waals surface area contributed by atoms with Crippen molar-refractivity contribution < 1.29 is 0 Å². The summed E-state index contributed by atoms with van der Waals surface area (Å²) in [5, 5.41) is 140. The summed E-state index contributed by atoms with van der Waals surface area (Å²) >= 11 is 0. The molecule has 6 radical (unpaired) electrons. The first-order valence-electron chi connectivity index (χ1n) is 8.52. The number of nitrogens with zero attached hydrogens (tertiary/aromatic N) is 18. The van der Waals surface area contributed by atoms with E-state index in [1.807, 2.05) is 0 Å². The summed E-state index contributed by atoms with van der Waals surface area (Å²) in [6.45, 7) is 0. The summed E-state index contributed by atoms with van der Waals surface area (Å²) in [7, 11) is 0. The molecule has 18 nitrogen and oxygen atoms in total. The van der Waals surface area contributed by atoms with E-state index >= 15 is 0 Å². The summed E-state index contributed by atoms with van der Waals surface area (Å²) in [5.41, 5.74) is -2.42. The smallest absolute Gasteiger partial charge is 0.762 e. The molecular formula is C24N18Pb3. The minimum Gasteiger partial charge on any atom is -0.762 e. The largest absolute Gasteiger partial charge is 2.00 e. The normalized spacial score (nSPS) is 4.53. The quantitative estimate of drug-likeness (QED) is 0.177. The van der Waals surface area contributed by atoms with Gasteiger partial charge in [0.1, 0.15) is 106 Å². The van der Waals surface area contributed by atoms with Crippen LogP contribution < -0.4 is 0 Å². The van der Waals surface area contributed by atoms with Crippen LogP contribution in [0.3, 0.4) is 0 Å². The van der Waals surface area contributed by atoms with Crippen LogP contribution in [0.2, 0.25) is 0 Å². The second-order valence-electron chi connectivity index (χ2n) is 4.26. The Morgan fingerprint density at radius 1 is 0.222 bits per heavy atom. The molecule has 0 N–H and O–H groups in total. The minimum absolute atomic E-state index is 0. The third-order valence-corrected chi connectivity index (χ3v) is 2.01. The van der Waals surface area contributed by atoms with E-state index in [0.29, 0.717) is 0 Å². The molecule has 0 rings (SSSR count). The van der Waals surface area contributed by atoms with Gasteiger partial charge in [-0.25, -0.2) is 35.2 Å². The van der Waals surface area contributed by atoms with E-state index < -0.39 is 33.4 Å². The maximum Gasteiger partial charge on any atom is 2.00 e. The number of hydrogen-bond acceptors (Lipinski definition) is 12. The van der Waals surface area contributed by atoms with E-state index in [1.165, 1.54) is 108 Å². The van der Waals surface area contributed by atoms with E-state index in [2.05, 4.69) is 0 Å². The first-order valence-corrected chi connectivity index (χ1v) is 8.52. The Bertz CT molecular complexity index is 1380. The number of nitriles is 12. The molecule has 0 spiro atoms. The van der Waals surface area contributed by atoms with Crippen LogP contribution in [0.25, 0.3) is 32.5 Å². The molecule has 0 fully saturated rings. The van der Waals surface area contributed by atoms with Crippen molar-refractivity contribution in [2.45, 2.75) is 0 Å². The van der Waals surface area contributed by atoms with Gasteiger partial charge in [-0.3, -0.25) is 0 Å². The molecule has 0 aromatic rings. The zero-order chi connectivity index (χ0) is 34.2. The van der Waals surface area contributed by atoms with E-state index in [-0.39, 0.29) is 81.9 Å². The molecule has 0 heterocycles. The molecule has 0 aliphatic carbocycles. The fourth-order valence-corrected chi connectivity index (χ4v) is 0.450. The number of allylic oxidation sites excluding steroid dienone is 6. The Morgan fingerprint density at radius 3 is 0.289 bits per heavy atom. The molecule has 0 unspecified atom stereocenters. The molecule has 0 aromatic heterocycles. The van der Waals surface area contributed by atoms with Gasteiger partial charge in [0.15, 0.2) is 0 Å². The van der Waals surface area contributed by atoms with Gasteiger partial charge in [-0.2, -0.15) is 63.1 Å². The van der Waals surface area contributed by atoms with Crippen molar-refractivity contribution in [2.24, 2.45) is 0 Å². The molecular weight excluding hydrogens is 1160 g/mol. The van der Waals surface area contributed by atoms with Gasteiger partial charge in [-0.05, 0) is 0 Å². The SMILES string of the molecule is N#CC(=C=[N-])C#N.N#CC(=C=[N-])C#N.N#CC(=C=[N-])C#N.N#CC(=C=[N-])C#N.N#CC(=C=[N-])C#N.N#CC(=C=[N-])C#N.[Pb+2].[Pb+2].[Pb+2]. The Kier molecular flexibility index (Phi) is 79.1. The molecule has 0 aliphatic heterocycles. The van der Waals surface area contributed by atoms with E-state index in [0.717, 1.165) is 0 Å². The summed E-state index contributed by atoms with van der Waals surface area (Å²) < 4.78 is 0. The van der Waals surface area contributed by atoms with Crippen molar-refractivity contribution in [2.75, 3.05) is 0 Å². The van der Waals surface area contributed by atoms with Crippen LogP contribution in [0.1, 0.15) is 0 Å². The van der Waals surface area contributed by atoms with Crippen LogP contribution >= 0.6 is 0 Å². The summed E-state index contributed by atoms with van der Waals surface area (Å²) in [6, 6.07) is 16.8. The van der Waals surface area contributed by atoms with Gasteiger partial charge in [0.25, 0.3) is 0 Å². The second kappa shape index (κ2) is 57.3. The minimum atomic E-state index is -0.403. The molecule has 0 aromatic carbocycles. The van der Waals surface area contributed by atoms with Crippen LogP contribution in [-0.4, -0.2) is 117 Å². The van der Waals surface area contributed by atoms with Crippen molar-refractivity contribution in [1.29, 1.82) is 63.1 Å². The summed E-state index contributed by atoms with van der Waals surface area (Å²) in [4.78, 5) is 0. The molecule has 0 amide bonds. The molecule has 0 bridgehead atoms. The molecule has 0 atom stereocenters. The average molecular weight is 1160 g/mol. The molecule has 198 valence electrons. The monoisotopic (exact) mass is 1160 g/mol. The second-order valence-corrected chi connectivity index (χ2v) is 4.26. The summed E-state index contributed by atoms with van der Waals surface area (Å²) in [5.74, 6) is 8.38. The molecule has 45 heavy (non-hydrogen) atoms. The van der Waals surface area contributed by atoms with Gasteiger partial charge >= 0.3 is 81.9 Å². The topological polar surface area (TPSA) is 419 Å². The van der Waals surface area contributed by atoms with Crippen molar-refractivity contribution >= 4 is 117 Å². The van der Waals surface area contributed by atoms with Crippen LogP contribution in [0.5, 0.6) is 0 Å². The van der Waals surface area contributed by atoms with Gasteiger partial charge < -0.3 is 32.5 Å². The van der Waals surface area contributed by atoms with Crippen LogP contribution in [0, 0.1) is 136 Å². The Balaban J connectivity index is -0.0000000487. The first-order chi connectivity index (χ1) is 20.1.